The van der Waals surface area contributed by atoms with Crippen LogP contribution in [0.2, 0.25) is 0 Å². The van der Waals surface area contributed by atoms with Gasteiger partial charge in [-0.25, -0.2) is 9.18 Å². The lowest BCUT2D eigenvalue weighted by atomic mass is 10.1. The first-order valence-corrected chi connectivity index (χ1v) is 8.14. The van der Waals surface area contributed by atoms with Gasteiger partial charge in [0.2, 0.25) is 5.91 Å². The number of nitrogens with zero attached hydrogens (tertiary/aromatic N) is 2. The van der Waals surface area contributed by atoms with Crippen molar-refractivity contribution in [1.29, 1.82) is 0 Å². The van der Waals surface area contributed by atoms with Crippen LogP contribution in [0.1, 0.15) is 18.4 Å². The number of amides is 4. The van der Waals surface area contributed by atoms with Gasteiger partial charge in [-0.2, -0.15) is 0 Å². The minimum atomic E-state index is -0.880. The highest BCUT2D eigenvalue weighted by molar-refractivity contribution is 6.05. The number of carbonyl (C=O) groups excluding carboxylic acids is 3. The summed E-state index contributed by atoms with van der Waals surface area (Å²) in [4.78, 5) is 39.2. The molecule has 0 radical (unpaired) electrons. The van der Waals surface area contributed by atoms with Crippen LogP contribution in [0, 0.1) is 5.82 Å². The Kier molecular flexibility index (Phi) is 6.46. The second-order valence-electron chi connectivity index (χ2n) is 6.27. The van der Waals surface area contributed by atoms with Crippen molar-refractivity contribution in [2.24, 2.45) is 0 Å². The van der Waals surface area contributed by atoms with E-state index in [-0.39, 0.29) is 18.9 Å². The monoisotopic (exact) mass is 350 g/mol. The Hall–Kier alpha value is -2.48. The average Bonchev–Trinajstić information content (AvgIpc) is 2.79. The molecule has 0 aromatic heterocycles. The molecule has 2 rings (SSSR count). The molecule has 7 nitrogen and oxygen atoms in total. The van der Waals surface area contributed by atoms with Crippen molar-refractivity contribution in [1.82, 2.24) is 20.4 Å². The minimum Gasteiger partial charge on any atom is -0.356 e. The van der Waals surface area contributed by atoms with Gasteiger partial charge in [0.05, 0.1) is 13.0 Å². The van der Waals surface area contributed by atoms with Crippen LogP contribution >= 0.6 is 0 Å². The molecule has 0 saturated carbocycles. The van der Waals surface area contributed by atoms with Gasteiger partial charge in [-0.3, -0.25) is 14.5 Å². The van der Waals surface area contributed by atoms with Crippen molar-refractivity contribution in [3.8, 4) is 0 Å². The van der Waals surface area contributed by atoms with Gasteiger partial charge in [0.15, 0.2) is 0 Å². The molecule has 0 unspecified atom stereocenters. The predicted octanol–water partition coefficient (Wildman–Crippen LogP) is 0.704. The molecule has 8 heteroatoms. The SMILES string of the molecule is CN(C)CCCNC(=O)C[C@H]1NC(=O)N(Cc2cccc(F)c2)C1=O. The predicted molar refractivity (Wildman–Crippen MR) is 90.1 cm³/mol. The van der Waals surface area contributed by atoms with Crippen molar-refractivity contribution in [2.75, 3.05) is 27.2 Å². The summed E-state index contributed by atoms with van der Waals surface area (Å²) >= 11 is 0. The number of carbonyl (C=O) groups is 3. The maximum Gasteiger partial charge on any atom is 0.325 e. The molecule has 1 aliphatic heterocycles. The zero-order valence-corrected chi connectivity index (χ0v) is 14.4. The largest absolute Gasteiger partial charge is 0.356 e. The molecule has 1 saturated heterocycles. The molecule has 1 aromatic carbocycles. The lowest BCUT2D eigenvalue weighted by Gasteiger charge is -2.13. The summed E-state index contributed by atoms with van der Waals surface area (Å²) in [7, 11) is 3.89. The van der Waals surface area contributed by atoms with Crippen molar-refractivity contribution >= 4 is 17.8 Å². The molecule has 1 aliphatic rings. The number of imide groups is 1. The lowest BCUT2D eigenvalue weighted by Crippen LogP contribution is -2.37. The van der Waals surface area contributed by atoms with E-state index in [2.05, 4.69) is 10.6 Å². The summed E-state index contributed by atoms with van der Waals surface area (Å²) in [5, 5.41) is 5.24. The molecule has 1 atom stereocenters. The van der Waals surface area contributed by atoms with E-state index in [9.17, 15) is 18.8 Å². The van der Waals surface area contributed by atoms with Crippen molar-refractivity contribution in [3.05, 3.63) is 35.6 Å². The van der Waals surface area contributed by atoms with Crippen LogP contribution in [0.4, 0.5) is 9.18 Å². The molecule has 2 N–H and O–H groups in total. The minimum absolute atomic E-state index is 0.0244. The van der Waals surface area contributed by atoms with Gasteiger partial charge in [0.1, 0.15) is 11.9 Å². The molecule has 0 aliphatic carbocycles. The van der Waals surface area contributed by atoms with Crippen LogP contribution in [-0.4, -0.2) is 60.9 Å². The van der Waals surface area contributed by atoms with Crippen molar-refractivity contribution < 1.29 is 18.8 Å². The third kappa shape index (κ3) is 5.53. The van der Waals surface area contributed by atoms with Gasteiger partial charge < -0.3 is 15.5 Å². The van der Waals surface area contributed by atoms with Crippen LogP contribution in [0.25, 0.3) is 0 Å². The standard InChI is InChI=1S/C17H23FN4O3/c1-21(2)8-4-7-19-15(23)10-14-16(24)22(17(25)20-14)11-12-5-3-6-13(18)9-12/h3,5-6,9,14H,4,7-8,10-11H2,1-2H3,(H,19,23)(H,20,25)/t14-/m1/s1. The van der Waals surface area contributed by atoms with E-state index in [0.717, 1.165) is 17.9 Å². The summed E-state index contributed by atoms with van der Waals surface area (Å²) in [5.41, 5.74) is 0.511. The Morgan fingerprint density at radius 2 is 2.12 bits per heavy atom. The van der Waals surface area contributed by atoms with E-state index in [1.54, 1.807) is 6.07 Å². The summed E-state index contributed by atoms with van der Waals surface area (Å²) < 4.78 is 13.2. The summed E-state index contributed by atoms with van der Waals surface area (Å²) in [5.74, 6) is -1.19. The Morgan fingerprint density at radius 3 is 2.80 bits per heavy atom. The molecular weight excluding hydrogens is 327 g/mol. The number of hydrogen-bond donors (Lipinski definition) is 2. The van der Waals surface area contributed by atoms with Crippen LogP contribution in [-0.2, 0) is 16.1 Å². The maximum atomic E-state index is 13.2. The summed E-state index contributed by atoms with van der Waals surface area (Å²) in [6.45, 7) is 1.34. The van der Waals surface area contributed by atoms with Gasteiger partial charge in [0.25, 0.3) is 5.91 Å². The molecule has 136 valence electrons. The fourth-order valence-electron chi connectivity index (χ4n) is 2.56. The van der Waals surface area contributed by atoms with Crippen molar-refractivity contribution in [3.63, 3.8) is 0 Å². The number of nitrogens with one attached hydrogen (secondary N) is 2. The second-order valence-corrected chi connectivity index (χ2v) is 6.27. The van der Waals surface area contributed by atoms with Crippen LogP contribution in [0.3, 0.4) is 0 Å². The summed E-state index contributed by atoms with van der Waals surface area (Å²) in [6, 6.07) is 4.26. The molecule has 1 aromatic rings. The molecule has 25 heavy (non-hydrogen) atoms. The topological polar surface area (TPSA) is 81.8 Å². The highest BCUT2D eigenvalue weighted by Crippen LogP contribution is 2.14. The number of halogens is 1. The third-order valence-electron chi connectivity index (χ3n) is 3.83. The summed E-state index contributed by atoms with van der Waals surface area (Å²) in [6.07, 6.45) is 0.696. The Balaban J connectivity index is 1.84. The van der Waals surface area contributed by atoms with Crippen molar-refractivity contribution in [2.45, 2.75) is 25.4 Å². The Bertz CT molecular complexity index is 651. The highest BCUT2D eigenvalue weighted by Gasteiger charge is 2.38. The fourth-order valence-corrected chi connectivity index (χ4v) is 2.56. The van der Waals surface area contributed by atoms with E-state index < -0.39 is 23.8 Å². The zero-order chi connectivity index (χ0) is 18.4. The zero-order valence-electron chi connectivity index (χ0n) is 14.4. The normalized spacial score (nSPS) is 17.1. The molecule has 1 fully saturated rings. The fraction of sp³-hybridized carbons (Fsp3) is 0.471. The van der Waals surface area contributed by atoms with E-state index >= 15 is 0 Å². The van der Waals surface area contributed by atoms with Crippen LogP contribution in [0.5, 0.6) is 0 Å². The first kappa shape index (κ1) is 18.9. The smallest absolute Gasteiger partial charge is 0.325 e. The number of rotatable bonds is 8. The Labute approximate surface area is 146 Å². The lowest BCUT2D eigenvalue weighted by molar-refractivity contribution is -0.131. The first-order chi connectivity index (χ1) is 11.9. The van der Waals surface area contributed by atoms with Gasteiger partial charge in [0, 0.05) is 6.54 Å². The molecule has 4 amide bonds. The van der Waals surface area contributed by atoms with Gasteiger partial charge in [-0.05, 0) is 44.8 Å². The van der Waals surface area contributed by atoms with Gasteiger partial charge in [-0.1, -0.05) is 12.1 Å². The van der Waals surface area contributed by atoms with E-state index in [1.165, 1.54) is 18.2 Å². The second kappa shape index (κ2) is 8.57. The third-order valence-corrected chi connectivity index (χ3v) is 3.83. The van der Waals surface area contributed by atoms with E-state index in [1.807, 2.05) is 19.0 Å². The number of benzene rings is 1. The number of hydrogen-bond acceptors (Lipinski definition) is 4. The van der Waals surface area contributed by atoms with E-state index in [0.29, 0.717) is 12.1 Å². The van der Waals surface area contributed by atoms with Crippen LogP contribution in [0.15, 0.2) is 24.3 Å². The van der Waals surface area contributed by atoms with Gasteiger partial charge >= 0.3 is 6.03 Å². The molecule has 1 heterocycles. The van der Waals surface area contributed by atoms with E-state index in [4.69, 9.17) is 0 Å². The first-order valence-electron chi connectivity index (χ1n) is 8.14. The maximum absolute atomic E-state index is 13.2. The molecule has 0 spiro atoms. The molecule has 0 bridgehead atoms. The average molecular weight is 350 g/mol. The number of urea groups is 1. The van der Waals surface area contributed by atoms with Gasteiger partial charge in [-0.15, -0.1) is 0 Å². The Morgan fingerprint density at radius 1 is 1.36 bits per heavy atom. The van der Waals surface area contributed by atoms with Crippen LogP contribution < -0.4 is 10.6 Å². The highest BCUT2D eigenvalue weighted by atomic mass is 19.1. The molecular formula is C17H23FN4O3. The quantitative estimate of drug-likeness (QED) is 0.534.